The molecule has 0 aliphatic carbocycles. The van der Waals surface area contributed by atoms with Crippen molar-refractivity contribution in [2.24, 2.45) is 11.7 Å². The normalized spacial score (nSPS) is 17.1. The van der Waals surface area contributed by atoms with Crippen LogP contribution in [0.3, 0.4) is 0 Å². The SMILES string of the molecule is NC(=O)C1CCN(C(=O)Cc2nn[nH]n2)CC1. The van der Waals surface area contributed by atoms with Crippen molar-refractivity contribution in [2.45, 2.75) is 19.3 Å². The van der Waals surface area contributed by atoms with E-state index in [9.17, 15) is 9.59 Å². The molecule has 2 amide bonds. The van der Waals surface area contributed by atoms with Crippen LogP contribution in [0, 0.1) is 5.92 Å². The van der Waals surface area contributed by atoms with Crippen LogP contribution < -0.4 is 5.73 Å². The van der Waals surface area contributed by atoms with Gasteiger partial charge in [-0.3, -0.25) is 9.59 Å². The summed E-state index contributed by atoms with van der Waals surface area (Å²) in [7, 11) is 0. The highest BCUT2D eigenvalue weighted by molar-refractivity contribution is 5.79. The van der Waals surface area contributed by atoms with E-state index in [1.807, 2.05) is 0 Å². The van der Waals surface area contributed by atoms with Gasteiger partial charge in [-0.1, -0.05) is 5.21 Å². The highest BCUT2D eigenvalue weighted by atomic mass is 16.2. The fraction of sp³-hybridized carbons (Fsp3) is 0.667. The number of amides is 2. The molecule has 0 saturated carbocycles. The van der Waals surface area contributed by atoms with Crippen LogP contribution in [0.25, 0.3) is 0 Å². The van der Waals surface area contributed by atoms with Crippen molar-refractivity contribution in [1.82, 2.24) is 25.5 Å². The first-order valence-electron chi connectivity index (χ1n) is 5.46. The standard InChI is InChI=1S/C9H14N6O2/c10-9(17)6-1-3-15(4-2-6)8(16)5-7-11-13-14-12-7/h6H,1-5H2,(H2,10,17)(H,11,12,13,14). The number of aromatic amines is 1. The maximum absolute atomic E-state index is 11.8. The van der Waals surface area contributed by atoms with Crippen LogP contribution in [0.5, 0.6) is 0 Å². The molecule has 0 bridgehead atoms. The van der Waals surface area contributed by atoms with Crippen LogP contribution in [-0.2, 0) is 16.0 Å². The number of H-pyrrole nitrogens is 1. The lowest BCUT2D eigenvalue weighted by molar-refractivity contribution is -0.134. The van der Waals surface area contributed by atoms with Crippen molar-refractivity contribution in [3.05, 3.63) is 5.82 Å². The predicted octanol–water partition coefficient (Wildman–Crippen LogP) is -1.53. The van der Waals surface area contributed by atoms with E-state index in [1.165, 1.54) is 0 Å². The highest BCUT2D eigenvalue weighted by Gasteiger charge is 2.26. The Bertz CT molecular complexity index is 396. The number of hydrogen-bond donors (Lipinski definition) is 2. The number of rotatable bonds is 3. The van der Waals surface area contributed by atoms with E-state index in [4.69, 9.17) is 5.73 Å². The number of piperidine rings is 1. The molecule has 2 rings (SSSR count). The summed E-state index contributed by atoms with van der Waals surface area (Å²) in [6.45, 7) is 1.12. The number of hydrogen-bond acceptors (Lipinski definition) is 5. The van der Waals surface area contributed by atoms with E-state index in [-0.39, 0.29) is 24.2 Å². The first-order chi connectivity index (χ1) is 8.16. The van der Waals surface area contributed by atoms with Crippen molar-refractivity contribution < 1.29 is 9.59 Å². The molecule has 3 N–H and O–H groups in total. The number of nitrogens with zero attached hydrogens (tertiary/aromatic N) is 4. The third-order valence-electron chi connectivity index (χ3n) is 2.95. The third kappa shape index (κ3) is 2.77. The van der Waals surface area contributed by atoms with E-state index in [1.54, 1.807) is 4.90 Å². The van der Waals surface area contributed by atoms with Gasteiger partial charge in [0.2, 0.25) is 11.8 Å². The van der Waals surface area contributed by atoms with Gasteiger partial charge in [0.25, 0.3) is 0 Å². The van der Waals surface area contributed by atoms with E-state index in [2.05, 4.69) is 20.6 Å². The first-order valence-corrected chi connectivity index (χ1v) is 5.46. The molecule has 1 aromatic rings. The Labute approximate surface area is 97.5 Å². The van der Waals surface area contributed by atoms with Crippen LogP contribution in [0.1, 0.15) is 18.7 Å². The summed E-state index contributed by atoms with van der Waals surface area (Å²) in [6.07, 6.45) is 1.40. The highest BCUT2D eigenvalue weighted by Crippen LogP contribution is 2.17. The number of nitrogens with two attached hydrogens (primary N) is 1. The average molecular weight is 238 g/mol. The van der Waals surface area contributed by atoms with Gasteiger partial charge in [-0.2, -0.15) is 5.21 Å². The Kier molecular flexibility index (Phi) is 3.31. The molecule has 0 atom stereocenters. The first kappa shape index (κ1) is 11.5. The molecule has 0 spiro atoms. The zero-order chi connectivity index (χ0) is 12.3. The van der Waals surface area contributed by atoms with Gasteiger partial charge in [-0.15, -0.1) is 10.2 Å². The summed E-state index contributed by atoms with van der Waals surface area (Å²) in [5.74, 6) is -0.0548. The zero-order valence-electron chi connectivity index (χ0n) is 9.30. The molecular weight excluding hydrogens is 224 g/mol. The maximum Gasteiger partial charge on any atom is 0.230 e. The topological polar surface area (TPSA) is 118 Å². The number of tetrazole rings is 1. The molecule has 8 heteroatoms. The largest absolute Gasteiger partial charge is 0.369 e. The number of aromatic nitrogens is 4. The molecule has 1 aliphatic rings. The Morgan fingerprint density at radius 2 is 2.12 bits per heavy atom. The maximum atomic E-state index is 11.8. The number of carbonyl (C=O) groups excluding carboxylic acids is 2. The number of primary amides is 1. The number of likely N-dealkylation sites (tertiary alicyclic amines) is 1. The molecule has 92 valence electrons. The van der Waals surface area contributed by atoms with Gasteiger partial charge < -0.3 is 10.6 Å². The molecule has 1 aliphatic heterocycles. The monoisotopic (exact) mass is 238 g/mol. The van der Waals surface area contributed by atoms with Crippen LogP contribution in [0.15, 0.2) is 0 Å². The van der Waals surface area contributed by atoms with Gasteiger partial charge in [0.15, 0.2) is 5.82 Å². The molecule has 0 aromatic carbocycles. The minimum atomic E-state index is -0.282. The summed E-state index contributed by atoms with van der Waals surface area (Å²) in [4.78, 5) is 24.5. The quantitative estimate of drug-likeness (QED) is 0.662. The van der Waals surface area contributed by atoms with Gasteiger partial charge in [0.05, 0.1) is 6.42 Å². The fourth-order valence-corrected chi connectivity index (χ4v) is 1.92. The molecule has 0 unspecified atom stereocenters. The molecule has 0 radical (unpaired) electrons. The van der Waals surface area contributed by atoms with Crippen LogP contribution >= 0.6 is 0 Å². The minimum Gasteiger partial charge on any atom is -0.369 e. The van der Waals surface area contributed by atoms with Crippen molar-refractivity contribution in [1.29, 1.82) is 0 Å². The minimum absolute atomic E-state index is 0.0469. The smallest absolute Gasteiger partial charge is 0.230 e. The second-order valence-electron chi connectivity index (χ2n) is 4.06. The lowest BCUT2D eigenvalue weighted by Crippen LogP contribution is -2.42. The van der Waals surface area contributed by atoms with Gasteiger partial charge >= 0.3 is 0 Å². The zero-order valence-corrected chi connectivity index (χ0v) is 9.30. The molecule has 17 heavy (non-hydrogen) atoms. The second kappa shape index (κ2) is 4.89. The summed E-state index contributed by atoms with van der Waals surface area (Å²) in [6, 6.07) is 0. The van der Waals surface area contributed by atoms with Crippen molar-refractivity contribution in [2.75, 3.05) is 13.1 Å². The van der Waals surface area contributed by atoms with Crippen LogP contribution in [-0.4, -0.2) is 50.4 Å². The Morgan fingerprint density at radius 1 is 1.41 bits per heavy atom. The van der Waals surface area contributed by atoms with Crippen molar-refractivity contribution in [3.63, 3.8) is 0 Å². The van der Waals surface area contributed by atoms with Crippen LogP contribution in [0.2, 0.25) is 0 Å². The molecule has 1 aromatic heterocycles. The molecule has 1 saturated heterocycles. The van der Waals surface area contributed by atoms with E-state index < -0.39 is 0 Å². The van der Waals surface area contributed by atoms with Crippen LogP contribution in [0.4, 0.5) is 0 Å². The molecule has 2 heterocycles. The van der Waals surface area contributed by atoms with Gasteiger partial charge in [-0.05, 0) is 12.8 Å². The third-order valence-corrected chi connectivity index (χ3v) is 2.95. The van der Waals surface area contributed by atoms with E-state index >= 15 is 0 Å². The molecular formula is C9H14N6O2. The molecule has 8 nitrogen and oxygen atoms in total. The number of nitrogens with one attached hydrogen (secondary N) is 1. The van der Waals surface area contributed by atoms with E-state index in [0.717, 1.165) is 0 Å². The predicted molar refractivity (Wildman–Crippen MR) is 56.4 cm³/mol. The van der Waals surface area contributed by atoms with Gasteiger partial charge in [0.1, 0.15) is 0 Å². The molecule has 1 fully saturated rings. The summed E-state index contributed by atoms with van der Waals surface area (Å²) >= 11 is 0. The lowest BCUT2D eigenvalue weighted by Gasteiger charge is -2.30. The van der Waals surface area contributed by atoms with Crippen molar-refractivity contribution in [3.8, 4) is 0 Å². The summed E-state index contributed by atoms with van der Waals surface area (Å²) in [5, 5.41) is 13.1. The second-order valence-corrected chi connectivity index (χ2v) is 4.06. The average Bonchev–Trinajstić information content (AvgIpc) is 2.82. The lowest BCUT2D eigenvalue weighted by atomic mass is 9.96. The fourth-order valence-electron chi connectivity index (χ4n) is 1.92. The summed E-state index contributed by atoms with van der Waals surface area (Å²) in [5.41, 5.74) is 5.22. The Balaban J connectivity index is 1.84. The summed E-state index contributed by atoms with van der Waals surface area (Å²) < 4.78 is 0. The number of carbonyl (C=O) groups is 2. The van der Waals surface area contributed by atoms with E-state index in [0.29, 0.717) is 31.8 Å². The Hall–Kier alpha value is -1.99. The van der Waals surface area contributed by atoms with Gasteiger partial charge in [-0.25, -0.2) is 0 Å². The Morgan fingerprint density at radius 3 is 2.65 bits per heavy atom. The van der Waals surface area contributed by atoms with Crippen molar-refractivity contribution >= 4 is 11.8 Å². The van der Waals surface area contributed by atoms with Gasteiger partial charge in [0, 0.05) is 19.0 Å².